The second-order valence-corrected chi connectivity index (χ2v) is 6.06. The molecule has 0 aliphatic heterocycles. The summed E-state index contributed by atoms with van der Waals surface area (Å²) in [5.41, 5.74) is 4.64. The normalized spacial score (nSPS) is 10.7. The predicted molar refractivity (Wildman–Crippen MR) is 106 cm³/mol. The van der Waals surface area contributed by atoms with Gasteiger partial charge >= 0.3 is 0 Å². The zero-order valence-electron chi connectivity index (χ0n) is 15.2. The Balaban J connectivity index is 1.55. The van der Waals surface area contributed by atoms with Crippen LogP contribution in [0.5, 0.6) is 11.5 Å². The van der Waals surface area contributed by atoms with Gasteiger partial charge in [-0.1, -0.05) is 18.2 Å². The van der Waals surface area contributed by atoms with Crippen LogP contribution in [-0.2, 0) is 6.54 Å². The van der Waals surface area contributed by atoms with E-state index in [1.165, 1.54) is 0 Å². The van der Waals surface area contributed by atoms with Gasteiger partial charge in [-0.3, -0.25) is 0 Å². The highest BCUT2D eigenvalue weighted by atomic mass is 16.5. The molecule has 0 saturated heterocycles. The Hall–Kier alpha value is -3.54. The van der Waals surface area contributed by atoms with Gasteiger partial charge in [-0.15, -0.1) is 10.2 Å². The minimum absolute atomic E-state index is 0.669. The molecular weight excluding hydrogens is 340 g/mol. The number of rotatable bonds is 6. The molecule has 6 nitrogen and oxygen atoms in total. The van der Waals surface area contributed by atoms with Gasteiger partial charge in [0.15, 0.2) is 0 Å². The maximum atomic E-state index is 5.40. The van der Waals surface area contributed by atoms with E-state index in [0.29, 0.717) is 6.54 Å². The van der Waals surface area contributed by atoms with E-state index >= 15 is 0 Å². The van der Waals surface area contributed by atoms with E-state index in [1.807, 2.05) is 66.7 Å². The number of hydrogen-bond acceptors (Lipinski definition) is 5. The predicted octanol–water partition coefficient (Wildman–Crippen LogP) is 4.05. The lowest BCUT2D eigenvalue weighted by Crippen LogP contribution is -2.01. The number of methoxy groups -OCH3 is 2. The lowest BCUT2D eigenvalue weighted by molar-refractivity contribution is 0.410. The first kappa shape index (κ1) is 16.9. The van der Waals surface area contributed by atoms with Crippen molar-refractivity contribution in [1.29, 1.82) is 0 Å². The topological polar surface area (TPSA) is 61.2 Å². The molecule has 0 aliphatic rings. The Kier molecular flexibility index (Phi) is 4.61. The van der Waals surface area contributed by atoms with Gasteiger partial charge < -0.3 is 14.8 Å². The quantitative estimate of drug-likeness (QED) is 0.562. The summed E-state index contributed by atoms with van der Waals surface area (Å²) in [5, 5.41) is 12.5. The molecule has 0 fully saturated rings. The van der Waals surface area contributed by atoms with Crippen molar-refractivity contribution in [3.63, 3.8) is 0 Å². The molecule has 0 bridgehead atoms. The van der Waals surface area contributed by atoms with Crippen molar-refractivity contribution in [3.8, 4) is 17.2 Å². The summed E-state index contributed by atoms with van der Waals surface area (Å²) in [5.74, 6) is 1.68. The molecule has 0 spiro atoms. The van der Waals surface area contributed by atoms with Crippen molar-refractivity contribution in [1.82, 2.24) is 15.0 Å². The van der Waals surface area contributed by atoms with E-state index in [0.717, 1.165) is 39.5 Å². The van der Waals surface area contributed by atoms with Crippen LogP contribution in [0.15, 0.2) is 66.7 Å². The van der Waals surface area contributed by atoms with E-state index in [9.17, 15) is 0 Å². The number of para-hydroxylation sites is 1. The lowest BCUT2D eigenvalue weighted by Gasteiger charge is -2.10. The standard InChI is InChI=1S/C21H20N4O2/c1-26-18-10-8-17(9-11-18)25-23-19-12-7-16(13-20(19)24-25)22-14-15-5-3-4-6-21(15)27-2/h3-13,22H,14H2,1-2H3. The second kappa shape index (κ2) is 7.37. The summed E-state index contributed by atoms with van der Waals surface area (Å²) < 4.78 is 10.6. The fourth-order valence-electron chi connectivity index (χ4n) is 2.90. The van der Waals surface area contributed by atoms with Gasteiger partial charge in [0.05, 0.1) is 19.9 Å². The Morgan fingerprint density at radius 2 is 1.63 bits per heavy atom. The highest BCUT2D eigenvalue weighted by molar-refractivity contribution is 5.78. The van der Waals surface area contributed by atoms with Crippen LogP contribution in [0.4, 0.5) is 5.69 Å². The molecule has 0 aliphatic carbocycles. The lowest BCUT2D eigenvalue weighted by atomic mass is 10.2. The monoisotopic (exact) mass is 360 g/mol. The Bertz CT molecular complexity index is 1060. The number of aromatic nitrogens is 3. The average Bonchev–Trinajstić information content (AvgIpc) is 3.16. The fourth-order valence-corrected chi connectivity index (χ4v) is 2.90. The van der Waals surface area contributed by atoms with Gasteiger partial charge in [0.25, 0.3) is 0 Å². The molecule has 4 rings (SSSR count). The van der Waals surface area contributed by atoms with Crippen LogP contribution in [-0.4, -0.2) is 29.2 Å². The largest absolute Gasteiger partial charge is 0.497 e. The zero-order valence-corrected chi connectivity index (χ0v) is 15.2. The van der Waals surface area contributed by atoms with E-state index in [-0.39, 0.29) is 0 Å². The molecule has 0 amide bonds. The number of nitrogens with one attached hydrogen (secondary N) is 1. The van der Waals surface area contributed by atoms with E-state index in [4.69, 9.17) is 9.47 Å². The third-order valence-electron chi connectivity index (χ3n) is 4.36. The maximum absolute atomic E-state index is 5.40. The van der Waals surface area contributed by atoms with Crippen molar-refractivity contribution < 1.29 is 9.47 Å². The van der Waals surface area contributed by atoms with Crippen molar-refractivity contribution in [2.24, 2.45) is 0 Å². The number of hydrogen-bond donors (Lipinski definition) is 1. The minimum Gasteiger partial charge on any atom is -0.497 e. The maximum Gasteiger partial charge on any atom is 0.123 e. The second-order valence-electron chi connectivity index (χ2n) is 6.06. The molecule has 27 heavy (non-hydrogen) atoms. The van der Waals surface area contributed by atoms with Gasteiger partial charge in [0, 0.05) is 17.8 Å². The van der Waals surface area contributed by atoms with Crippen LogP contribution in [0.2, 0.25) is 0 Å². The molecule has 136 valence electrons. The molecule has 4 aromatic rings. The van der Waals surface area contributed by atoms with E-state index in [1.54, 1.807) is 19.0 Å². The van der Waals surface area contributed by atoms with Crippen LogP contribution in [0.3, 0.4) is 0 Å². The van der Waals surface area contributed by atoms with Crippen LogP contribution in [0.1, 0.15) is 5.56 Å². The molecule has 0 radical (unpaired) electrons. The first-order chi connectivity index (χ1) is 13.3. The van der Waals surface area contributed by atoms with Crippen LogP contribution < -0.4 is 14.8 Å². The Morgan fingerprint density at radius 3 is 2.41 bits per heavy atom. The Labute approximate surface area is 157 Å². The minimum atomic E-state index is 0.669. The summed E-state index contributed by atoms with van der Waals surface area (Å²) in [7, 11) is 3.33. The van der Waals surface area contributed by atoms with Gasteiger partial charge in [0.2, 0.25) is 0 Å². The molecule has 1 aromatic heterocycles. The number of fused-ring (bicyclic) bond motifs is 1. The number of ether oxygens (including phenoxy) is 2. The Morgan fingerprint density at radius 1 is 0.852 bits per heavy atom. The van der Waals surface area contributed by atoms with Crippen LogP contribution in [0.25, 0.3) is 16.7 Å². The summed E-state index contributed by atoms with van der Waals surface area (Å²) in [6.45, 7) is 0.669. The molecule has 3 aromatic carbocycles. The van der Waals surface area contributed by atoms with E-state index in [2.05, 4.69) is 15.5 Å². The molecule has 0 atom stereocenters. The van der Waals surface area contributed by atoms with Gasteiger partial charge in [-0.05, 0) is 48.5 Å². The van der Waals surface area contributed by atoms with Crippen molar-refractivity contribution >= 4 is 16.7 Å². The van der Waals surface area contributed by atoms with Gasteiger partial charge in [0.1, 0.15) is 22.5 Å². The summed E-state index contributed by atoms with van der Waals surface area (Å²) in [4.78, 5) is 1.63. The van der Waals surface area contributed by atoms with Crippen molar-refractivity contribution in [2.45, 2.75) is 6.54 Å². The van der Waals surface area contributed by atoms with E-state index < -0.39 is 0 Å². The first-order valence-electron chi connectivity index (χ1n) is 8.64. The highest BCUT2D eigenvalue weighted by Gasteiger charge is 2.07. The first-order valence-corrected chi connectivity index (χ1v) is 8.64. The average molecular weight is 360 g/mol. The van der Waals surface area contributed by atoms with Gasteiger partial charge in [-0.25, -0.2) is 0 Å². The van der Waals surface area contributed by atoms with Crippen LogP contribution >= 0.6 is 0 Å². The number of nitrogens with zero attached hydrogens (tertiary/aromatic N) is 3. The fraction of sp³-hybridized carbons (Fsp3) is 0.143. The van der Waals surface area contributed by atoms with Crippen molar-refractivity contribution in [2.75, 3.05) is 19.5 Å². The zero-order chi connectivity index (χ0) is 18.6. The summed E-state index contributed by atoms with van der Waals surface area (Å²) in [6, 6.07) is 21.6. The van der Waals surface area contributed by atoms with Gasteiger partial charge in [-0.2, -0.15) is 4.80 Å². The molecule has 0 saturated carbocycles. The third kappa shape index (κ3) is 3.55. The number of benzene rings is 3. The SMILES string of the molecule is COc1ccc(-n2nc3ccc(NCc4ccccc4OC)cc3n2)cc1. The molecule has 6 heteroatoms. The van der Waals surface area contributed by atoms with Crippen LogP contribution in [0, 0.1) is 0 Å². The third-order valence-corrected chi connectivity index (χ3v) is 4.36. The molecule has 1 heterocycles. The summed E-state index contributed by atoms with van der Waals surface area (Å²) in [6.07, 6.45) is 0. The molecule has 0 unspecified atom stereocenters. The number of anilines is 1. The summed E-state index contributed by atoms with van der Waals surface area (Å²) >= 11 is 0. The molecule has 1 N–H and O–H groups in total. The van der Waals surface area contributed by atoms with Crippen molar-refractivity contribution in [3.05, 3.63) is 72.3 Å². The smallest absolute Gasteiger partial charge is 0.123 e. The highest BCUT2D eigenvalue weighted by Crippen LogP contribution is 2.22. The molecular formula is C21H20N4O2.